The summed E-state index contributed by atoms with van der Waals surface area (Å²) in [7, 11) is 1.62. The van der Waals surface area contributed by atoms with Crippen molar-refractivity contribution in [3.05, 3.63) is 65.4 Å². The number of nitrogen functional groups attached to an aromatic ring is 1. The molecule has 5 N–H and O–H groups in total. The molecule has 142 valence electrons. The van der Waals surface area contributed by atoms with E-state index in [2.05, 4.69) is 10.2 Å². The summed E-state index contributed by atoms with van der Waals surface area (Å²) in [5.74, 6) is 1.11. The lowest BCUT2D eigenvalue weighted by Gasteiger charge is -2.12. The first kappa shape index (κ1) is 17.7. The number of hydrogen-bond donors (Lipinski definition) is 3. The second-order valence-corrected chi connectivity index (χ2v) is 6.63. The number of carbonyl (C=O) groups is 1. The number of methoxy groups -OCH3 is 1. The highest BCUT2D eigenvalue weighted by Crippen LogP contribution is 2.35. The van der Waals surface area contributed by atoms with E-state index < -0.39 is 5.91 Å². The summed E-state index contributed by atoms with van der Waals surface area (Å²) < 4.78 is 11.2. The summed E-state index contributed by atoms with van der Waals surface area (Å²) in [5.41, 5.74) is 14.8. The quantitative estimate of drug-likeness (QED) is 0.491. The number of aromatic nitrogens is 2. The first-order valence-electron chi connectivity index (χ1n) is 8.79. The van der Waals surface area contributed by atoms with Crippen molar-refractivity contribution in [2.24, 2.45) is 5.73 Å². The van der Waals surface area contributed by atoms with Crippen LogP contribution in [0.1, 0.15) is 34.5 Å². The minimum absolute atomic E-state index is 0.113. The highest BCUT2D eigenvalue weighted by atomic mass is 16.5. The van der Waals surface area contributed by atoms with E-state index >= 15 is 0 Å². The Balaban J connectivity index is 1.80. The third-order valence-electron chi connectivity index (χ3n) is 4.92. The molecule has 4 aromatic rings. The van der Waals surface area contributed by atoms with Gasteiger partial charge in [-0.05, 0) is 42.0 Å². The zero-order chi connectivity index (χ0) is 19.8. The summed E-state index contributed by atoms with van der Waals surface area (Å²) in [6.07, 6.45) is 0. The van der Waals surface area contributed by atoms with E-state index in [0.717, 1.165) is 33.3 Å². The van der Waals surface area contributed by atoms with Gasteiger partial charge < -0.3 is 20.6 Å². The van der Waals surface area contributed by atoms with Gasteiger partial charge in [0.2, 0.25) is 0 Å². The van der Waals surface area contributed by atoms with E-state index in [9.17, 15) is 4.79 Å². The average molecular weight is 376 g/mol. The van der Waals surface area contributed by atoms with Gasteiger partial charge in [0.05, 0.1) is 12.6 Å². The summed E-state index contributed by atoms with van der Waals surface area (Å²) in [6, 6.07) is 15.2. The Bertz CT molecular complexity index is 1180. The molecular weight excluding hydrogens is 356 g/mol. The van der Waals surface area contributed by atoms with Crippen molar-refractivity contribution in [2.45, 2.75) is 12.8 Å². The SMILES string of the molecule is COc1cccc([C@H](C)c2cc(-c3ccc4[nH]nc(N)c4c3)oc2C(N)=O)c1. The molecule has 4 rings (SSSR count). The van der Waals surface area contributed by atoms with Gasteiger partial charge in [-0.25, -0.2) is 0 Å². The fraction of sp³-hybridized carbons (Fsp3) is 0.143. The number of carbonyl (C=O) groups excluding carboxylic acids is 1. The Labute approximate surface area is 161 Å². The van der Waals surface area contributed by atoms with Crippen molar-refractivity contribution >= 4 is 22.6 Å². The number of aromatic amines is 1. The normalized spacial score (nSPS) is 12.2. The van der Waals surface area contributed by atoms with Crippen LogP contribution in [0.3, 0.4) is 0 Å². The molecule has 0 unspecified atom stereocenters. The Hall–Kier alpha value is -3.74. The molecule has 0 fully saturated rings. The molecule has 2 heterocycles. The van der Waals surface area contributed by atoms with Gasteiger partial charge in [0.25, 0.3) is 5.91 Å². The number of fused-ring (bicyclic) bond motifs is 1. The van der Waals surface area contributed by atoms with Crippen LogP contribution in [0, 0.1) is 0 Å². The Morgan fingerprint density at radius 2 is 2.04 bits per heavy atom. The van der Waals surface area contributed by atoms with Crippen molar-refractivity contribution in [1.29, 1.82) is 0 Å². The molecule has 0 radical (unpaired) electrons. The topological polar surface area (TPSA) is 120 Å². The molecule has 1 amide bonds. The monoisotopic (exact) mass is 376 g/mol. The van der Waals surface area contributed by atoms with Crippen molar-refractivity contribution in [1.82, 2.24) is 10.2 Å². The molecule has 0 aliphatic carbocycles. The lowest BCUT2D eigenvalue weighted by molar-refractivity contribution is 0.0973. The molecule has 0 aliphatic rings. The molecule has 0 saturated carbocycles. The molecule has 1 atom stereocenters. The van der Waals surface area contributed by atoms with Gasteiger partial charge in [-0.15, -0.1) is 0 Å². The van der Waals surface area contributed by atoms with Gasteiger partial charge >= 0.3 is 0 Å². The third kappa shape index (κ3) is 2.96. The van der Waals surface area contributed by atoms with Gasteiger partial charge in [0, 0.05) is 22.4 Å². The number of ether oxygens (including phenoxy) is 1. The molecule has 0 aliphatic heterocycles. The number of primary amides is 1. The first-order chi connectivity index (χ1) is 13.5. The second kappa shape index (κ2) is 6.77. The summed E-state index contributed by atoms with van der Waals surface area (Å²) in [6.45, 7) is 1.99. The third-order valence-corrected chi connectivity index (χ3v) is 4.92. The maximum absolute atomic E-state index is 12.0. The first-order valence-corrected chi connectivity index (χ1v) is 8.79. The van der Waals surface area contributed by atoms with Crippen LogP contribution >= 0.6 is 0 Å². The number of anilines is 1. The van der Waals surface area contributed by atoms with Crippen molar-refractivity contribution < 1.29 is 13.9 Å². The van der Waals surface area contributed by atoms with Crippen LogP contribution in [0.2, 0.25) is 0 Å². The van der Waals surface area contributed by atoms with Gasteiger partial charge in [0.15, 0.2) is 11.6 Å². The maximum atomic E-state index is 12.0. The summed E-state index contributed by atoms with van der Waals surface area (Å²) >= 11 is 0. The van der Waals surface area contributed by atoms with E-state index in [1.54, 1.807) is 7.11 Å². The van der Waals surface area contributed by atoms with E-state index in [1.807, 2.05) is 55.5 Å². The van der Waals surface area contributed by atoms with Gasteiger partial charge in [-0.2, -0.15) is 5.10 Å². The molecule has 0 bridgehead atoms. The number of rotatable bonds is 5. The molecule has 0 saturated heterocycles. The van der Waals surface area contributed by atoms with E-state index in [1.165, 1.54) is 0 Å². The molecule has 2 aromatic carbocycles. The predicted molar refractivity (Wildman–Crippen MR) is 107 cm³/mol. The van der Waals surface area contributed by atoms with Crippen LogP contribution in [0.25, 0.3) is 22.2 Å². The zero-order valence-corrected chi connectivity index (χ0v) is 15.5. The Kier molecular flexibility index (Phi) is 4.27. The number of nitrogens with zero attached hydrogens (tertiary/aromatic N) is 1. The Morgan fingerprint density at radius 3 is 2.79 bits per heavy atom. The largest absolute Gasteiger partial charge is 0.497 e. The zero-order valence-electron chi connectivity index (χ0n) is 15.5. The lowest BCUT2D eigenvalue weighted by Crippen LogP contribution is -2.13. The van der Waals surface area contributed by atoms with Crippen LogP contribution < -0.4 is 16.2 Å². The predicted octanol–water partition coefficient (Wildman–Crippen LogP) is 3.66. The van der Waals surface area contributed by atoms with Crippen molar-refractivity contribution in [2.75, 3.05) is 12.8 Å². The number of amides is 1. The lowest BCUT2D eigenvalue weighted by atomic mass is 9.92. The van der Waals surface area contributed by atoms with E-state index in [0.29, 0.717) is 11.6 Å². The van der Waals surface area contributed by atoms with E-state index in [4.69, 9.17) is 20.6 Å². The minimum atomic E-state index is -0.611. The van der Waals surface area contributed by atoms with Crippen LogP contribution in [0.15, 0.2) is 52.9 Å². The summed E-state index contributed by atoms with van der Waals surface area (Å²) in [4.78, 5) is 12.0. The molecular formula is C21H20N4O3. The minimum Gasteiger partial charge on any atom is -0.497 e. The second-order valence-electron chi connectivity index (χ2n) is 6.63. The average Bonchev–Trinajstić information content (AvgIpc) is 3.32. The van der Waals surface area contributed by atoms with Crippen molar-refractivity contribution in [3.8, 4) is 17.1 Å². The number of nitrogens with two attached hydrogens (primary N) is 2. The van der Waals surface area contributed by atoms with Gasteiger partial charge in [0.1, 0.15) is 11.5 Å². The molecule has 0 spiro atoms. The van der Waals surface area contributed by atoms with Crippen LogP contribution in [-0.4, -0.2) is 23.2 Å². The summed E-state index contributed by atoms with van der Waals surface area (Å²) in [5, 5.41) is 7.65. The highest BCUT2D eigenvalue weighted by Gasteiger charge is 2.23. The molecule has 28 heavy (non-hydrogen) atoms. The van der Waals surface area contributed by atoms with E-state index in [-0.39, 0.29) is 11.7 Å². The number of H-pyrrole nitrogens is 1. The standard InChI is InChI=1S/C21H20N4O3/c1-11(12-4-3-5-14(8-12)27-2)15-10-18(28-19(15)21(23)26)13-6-7-17-16(9-13)20(22)25-24-17/h3-11H,1-2H3,(H2,23,26)(H3,22,24,25)/t11-/m0/s1. The number of nitrogens with one attached hydrogen (secondary N) is 1. The number of furan rings is 1. The molecule has 7 nitrogen and oxygen atoms in total. The van der Waals surface area contributed by atoms with Crippen molar-refractivity contribution in [3.63, 3.8) is 0 Å². The maximum Gasteiger partial charge on any atom is 0.284 e. The molecule has 2 aromatic heterocycles. The Morgan fingerprint density at radius 1 is 1.21 bits per heavy atom. The smallest absolute Gasteiger partial charge is 0.284 e. The highest BCUT2D eigenvalue weighted by molar-refractivity contribution is 5.94. The number of hydrogen-bond acceptors (Lipinski definition) is 5. The fourth-order valence-electron chi connectivity index (χ4n) is 3.34. The number of benzene rings is 2. The van der Waals surface area contributed by atoms with Gasteiger partial charge in [-0.3, -0.25) is 9.89 Å². The van der Waals surface area contributed by atoms with Gasteiger partial charge in [-0.1, -0.05) is 19.1 Å². The molecule has 7 heteroatoms. The van der Waals surface area contributed by atoms with Crippen LogP contribution in [-0.2, 0) is 0 Å². The van der Waals surface area contributed by atoms with Crippen LogP contribution in [0.4, 0.5) is 5.82 Å². The fourth-order valence-corrected chi connectivity index (χ4v) is 3.34. The van der Waals surface area contributed by atoms with Crippen LogP contribution in [0.5, 0.6) is 5.75 Å².